The fourth-order valence-electron chi connectivity index (χ4n) is 2.23. The molecule has 0 spiro atoms. The second-order valence-electron chi connectivity index (χ2n) is 4.80. The summed E-state index contributed by atoms with van der Waals surface area (Å²) in [5, 5.41) is 12.0. The molecule has 1 aliphatic heterocycles. The van der Waals surface area contributed by atoms with Crippen molar-refractivity contribution in [3.8, 4) is 0 Å². The number of hydrogen-bond donors (Lipinski definition) is 2. The lowest BCUT2D eigenvalue weighted by Crippen LogP contribution is -2.41. The summed E-state index contributed by atoms with van der Waals surface area (Å²) in [4.78, 5) is 14.0. The van der Waals surface area contributed by atoms with Crippen molar-refractivity contribution in [1.29, 1.82) is 0 Å². The first-order valence-corrected chi connectivity index (χ1v) is 6.24. The molecule has 1 heterocycles. The average Bonchev–Trinajstić information content (AvgIpc) is 2.28. The molecule has 0 saturated carbocycles. The Hall–Kier alpha value is -0.610. The first kappa shape index (κ1) is 13.5. The van der Waals surface area contributed by atoms with Gasteiger partial charge in [-0.1, -0.05) is 6.92 Å². The highest BCUT2D eigenvalue weighted by atomic mass is 16.3. The summed E-state index contributed by atoms with van der Waals surface area (Å²) in [6.45, 7) is 4.86. The van der Waals surface area contributed by atoms with Crippen molar-refractivity contribution in [3.63, 3.8) is 0 Å². The molecule has 94 valence electrons. The Balaban J connectivity index is 2.25. The lowest BCUT2D eigenvalue weighted by molar-refractivity contribution is -0.126. The zero-order valence-electron chi connectivity index (χ0n) is 10.4. The van der Waals surface area contributed by atoms with Gasteiger partial charge in [-0.2, -0.15) is 0 Å². The third-order valence-electron chi connectivity index (χ3n) is 3.37. The van der Waals surface area contributed by atoms with Gasteiger partial charge in [0.25, 0.3) is 0 Å². The van der Waals surface area contributed by atoms with Gasteiger partial charge in [-0.3, -0.25) is 4.79 Å². The van der Waals surface area contributed by atoms with Crippen molar-refractivity contribution in [1.82, 2.24) is 10.2 Å². The van der Waals surface area contributed by atoms with Crippen LogP contribution in [0, 0.1) is 11.8 Å². The van der Waals surface area contributed by atoms with Crippen LogP contribution < -0.4 is 5.32 Å². The molecular weight excluding hydrogens is 204 g/mol. The maximum atomic E-state index is 11.6. The van der Waals surface area contributed by atoms with Crippen molar-refractivity contribution in [2.24, 2.45) is 11.8 Å². The van der Waals surface area contributed by atoms with Gasteiger partial charge in [0.15, 0.2) is 0 Å². The number of rotatable bonds is 5. The van der Waals surface area contributed by atoms with E-state index in [9.17, 15) is 4.79 Å². The molecule has 0 radical (unpaired) electrons. The number of piperidine rings is 1. The Morgan fingerprint density at radius 2 is 2.38 bits per heavy atom. The molecule has 16 heavy (non-hydrogen) atoms. The van der Waals surface area contributed by atoms with Crippen LogP contribution in [0.15, 0.2) is 0 Å². The van der Waals surface area contributed by atoms with E-state index in [2.05, 4.69) is 17.3 Å². The van der Waals surface area contributed by atoms with Crippen molar-refractivity contribution < 1.29 is 9.90 Å². The van der Waals surface area contributed by atoms with Crippen molar-refractivity contribution >= 4 is 5.91 Å². The van der Waals surface area contributed by atoms with E-state index in [-0.39, 0.29) is 18.4 Å². The molecular formula is C12H24N2O2. The number of aliphatic hydroxyl groups is 1. The molecule has 1 fully saturated rings. The minimum absolute atomic E-state index is 0.00164. The van der Waals surface area contributed by atoms with Gasteiger partial charge in [0.2, 0.25) is 5.91 Å². The zero-order valence-corrected chi connectivity index (χ0v) is 10.4. The Morgan fingerprint density at radius 1 is 1.62 bits per heavy atom. The van der Waals surface area contributed by atoms with Crippen LogP contribution in [0.1, 0.15) is 26.2 Å². The van der Waals surface area contributed by atoms with E-state index in [1.54, 1.807) is 0 Å². The molecule has 0 aromatic carbocycles. The minimum Gasteiger partial charge on any atom is -0.396 e. The molecule has 0 aliphatic carbocycles. The van der Waals surface area contributed by atoms with Gasteiger partial charge in [-0.15, -0.1) is 0 Å². The van der Waals surface area contributed by atoms with E-state index in [0.717, 1.165) is 13.1 Å². The van der Waals surface area contributed by atoms with Crippen LogP contribution in [0.3, 0.4) is 0 Å². The van der Waals surface area contributed by atoms with E-state index >= 15 is 0 Å². The number of nitrogens with one attached hydrogen (secondary N) is 1. The number of carbonyl (C=O) groups excluding carboxylic acids is 1. The van der Waals surface area contributed by atoms with Crippen LogP contribution >= 0.6 is 0 Å². The average molecular weight is 228 g/mol. The van der Waals surface area contributed by atoms with Crippen molar-refractivity contribution in [2.75, 3.05) is 33.3 Å². The molecule has 1 amide bonds. The van der Waals surface area contributed by atoms with Crippen molar-refractivity contribution in [3.05, 3.63) is 0 Å². The highest BCUT2D eigenvalue weighted by molar-refractivity contribution is 5.78. The second kappa shape index (κ2) is 6.86. The molecule has 0 aromatic heterocycles. The number of carbonyl (C=O) groups is 1. The van der Waals surface area contributed by atoms with Gasteiger partial charge < -0.3 is 15.3 Å². The van der Waals surface area contributed by atoms with Gasteiger partial charge in [0.05, 0.1) is 12.5 Å². The quantitative estimate of drug-likeness (QED) is 0.719. The van der Waals surface area contributed by atoms with Crippen LogP contribution in [0.25, 0.3) is 0 Å². The molecule has 0 aromatic rings. The number of hydrogen-bond acceptors (Lipinski definition) is 3. The fourth-order valence-corrected chi connectivity index (χ4v) is 2.23. The van der Waals surface area contributed by atoms with E-state index in [1.807, 2.05) is 6.92 Å². The smallest absolute Gasteiger partial charge is 0.225 e. The molecule has 0 bridgehead atoms. The largest absolute Gasteiger partial charge is 0.396 e. The monoisotopic (exact) mass is 228 g/mol. The Morgan fingerprint density at radius 3 is 2.94 bits per heavy atom. The normalized spacial score (nSPS) is 24.1. The highest BCUT2D eigenvalue weighted by Crippen LogP contribution is 2.14. The first-order chi connectivity index (χ1) is 7.67. The predicted octanol–water partition coefficient (Wildman–Crippen LogP) is 0.463. The number of aliphatic hydroxyl groups excluding tert-OH is 1. The standard InChI is InChI=1S/C12H24N2O2/c1-3-11(9-15)12(16)13-7-10-5-4-6-14(2)8-10/h10-11,15H,3-9H2,1-2H3,(H,13,16). The van der Waals surface area contributed by atoms with Crippen LogP contribution in [-0.4, -0.2) is 49.2 Å². The van der Waals surface area contributed by atoms with Gasteiger partial charge >= 0.3 is 0 Å². The Kier molecular flexibility index (Phi) is 5.77. The highest BCUT2D eigenvalue weighted by Gasteiger charge is 2.20. The fraction of sp³-hybridized carbons (Fsp3) is 0.917. The van der Waals surface area contributed by atoms with Gasteiger partial charge in [0, 0.05) is 13.1 Å². The van der Waals surface area contributed by atoms with Gasteiger partial charge in [0.1, 0.15) is 0 Å². The molecule has 2 N–H and O–H groups in total. The molecule has 1 saturated heterocycles. The van der Waals surface area contributed by atoms with Gasteiger partial charge in [-0.05, 0) is 38.8 Å². The number of nitrogens with zero attached hydrogens (tertiary/aromatic N) is 1. The molecule has 4 heteroatoms. The Labute approximate surface area is 98.0 Å². The summed E-state index contributed by atoms with van der Waals surface area (Å²) in [7, 11) is 2.12. The molecule has 1 rings (SSSR count). The molecule has 4 nitrogen and oxygen atoms in total. The summed E-state index contributed by atoms with van der Waals surface area (Å²) in [5.41, 5.74) is 0. The third-order valence-corrected chi connectivity index (χ3v) is 3.37. The number of likely N-dealkylation sites (tertiary alicyclic amines) is 1. The third kappa shape index (κ3) is 4.10. The molecule has 2 atom stereocenters. The minimum atomic E-state index is -0.235. The van der Waals surface area contributed by atoms with E-state index < -0.39 is 0 Å². The summed E-state index contributed by atoms with van der Waals surface area (Å²) < 4.78 is 0. The van der Waals surface area contributed by atoms with E-state index in [1.165, 1.54) is 19.4 Å². The van der Waals surface area contributed by atoms with E-state index in [4.69, 9.17) is 5.11 Å². The summed E-state index contributed by atoms with van der Waals surface area (Å²) in [6, 6.07) is 0. The SMILES string of the molecule is CCC(CO)C(=O)NCC1CCCN(C)C1. The van der Waals surface area contributed by atoms with Crippen LogP contribution in [0.5, 0.6) is 0 Å². The molecule has 1 aliphatic rings. The molecule has 2 unspecified atom stereocenters. The number of amides is 1. The maximum Gasteiger partial charge on any atom is 0.225 e. The summed E-state index contributed by atoms with van der Waals surface area (Å²) in [5.74, 6) is 0.332. The topological polar surface area (TPSA) is 52.6 Å². The summed E-state index contributed by atoms with van der Waals surface area (Å²) >= 11 is 0. The first-order valence-electron chi connectivity index (χ1n) is 6.24. The van der Waals surface area contributed by atoms with Crippen molar-refractivity contribution in [2.45, 2.75) is 26.2 Å². The van der Waals surface area contributed by atoms with Crippen LogP contribution in [-0.2, 0) is 4.79 Å². The Bertz CT molecular complexity index is 217. The maximum absolute atomic E-state index is 11.6. The lowest BCUT2D eigenvalue weighted by atomic mass is 9.98. The summed E-state index contributed by atoms with van der Waals surface area (Å²) in [6.07, 6.45) is 3.11. The van der Waals surface area contributed by atoms with Crippen LogP contribution in [0.2, 0.25) is 0 Å². The van der Waals surface area contributed by atoms with Gasteiger partial charge in [-0.25, -0.2) is 0 Å². The van der Waals surface area contributed by atoms with Crippen LogP contribution in [0.4, 0.5) is 0 Å². The predicted molar refractivity (Wildman–Crippen MR) is 64.1 cm³/mol. The zero-order chi connectivity index (χ0) is 12.0. The second-order valence-corrected chi connectivity index (χ2v) is 4.80. The lowest BCUT2D eigenvalue weighted by Gasteiger charge is -2.30. The van der Waals surface area contributed by atoms with E-state index in [0.29, 0.717) is 12.3 Å².